The van der Waals surface area contributed by atoms with E-state index in [9.17, 15) is 0 Å². The molecule has 17 aromatic carbocycles. The van der Waals surface area contributed by atoms with Crippen LogP contribution in [0, 0.1) is 19.7 Å². The quantitative estimate of drug-likeness (QED) is 0.112. The van der Waals surface area contributed by atoms with E-state index in [1.165, 1.54) is 0 Å². The Bertz CT molecular complexity index is 8860. The van der Waals surface area contributed by atoms with Crippen LogP contribution in [0.15, 0.2) is 408 Å². The summed E-state index contributed by atoms with van der Waals surface area (Å²) in [5.74, 6) is 4.79. The van der Waals surface area contributed by atoms with Crippen LogP contribution in [0.2, 0.25) is 0 Å². The van der Waals surface area contributed by atoms with Crippen LogP contribution in [-0.4, -0.2) is 58.6 Å². The zero-order chi connectivity index (χ0) is 87.9. The highest BCUT2D eigenvalue weighted by Gasteiger charge is 2.27. The van der Waals surface area contributed by atoms with Gasteiger partial charge in [0.15, 0.2) is 52.0 Å². The lowest BCUT2D eigenvalue weighted by molar-refractivity contribution is 0.669. The van der Waals surface area contributed by atoms with Crippen molar-refractivity contribution in [3.8, 4) is 108 Å². The summed E-state index contributed by atoms with van der Waals surface area (Å²) in [7, 11) is 0. The van der Waals surface area contributed by atoms with Crippen LogP contribution in [0.5, 0.6) is 0 Å². The van der Waals surface area contributed by atoms with E-state index in [0.717, 1.165) is 159 Å². The number of para-hydroxylation sites is 9. The minimum Gasteiger partial charge on any atom is -0.457 e. The standard InChI is InChI=1S/2C40H23N5O.C34H19N5O/c1-41-28-22-23-31-32-14-9-15-33(37(32)46-36(31)24-28)39-42-38(27-20-18-26(19-21-27)25-10-3-2-4-11-25)43-40(44-39)45-34-16-7-5-12-29(34)30-13-6-8-17-35(30)45;1-41-28-22-23-36-33(24-28)31-14-9-15-32(37(31)46-36)39-42-38(27-20-18-26(19-21-27)25-10-3-2-4-11-25)43-40(44-39)45-34-16-7-5-12-29(34)30-13-6-8-17-35(30)45;1-35-22-18-19-30-27(20-22)25-14-9-15-26(31(25)40-30)33-36-32(21-10-3-2-4-11-21)37-34(38-33)39-28-16-7-5-12-23(28)24-13-6-8-17-29(24)39/h2*2-24H;2-20H. The number of rotatable bonds is 11. The number of benzene rings is 17. The molecule has 0 fully saturated rings. The highest BCUT2D eigenvalue weighted by atomic mass is 16.3. The van der Waals surface area contributed by atoms with Crippen molar-refractivity contribution in [3.05, 3.63) is 429 Å². The van der Waals surface area contributed by atoms with Gasteiger partial charge in [-0.1, -0.05) is 309 Å². The molecule has 26 aromatic rings. The van der Waals surface area contributed by atoms with Crippen molar-refractivity contribution in [2.45, 2.75) is 0 Å². The second-order valence-corrected chi connectivity index (χ2v) is 31.9. The molecule has 9 aromatic heterocycles. The fourth-order valence-corrected chi connectivity index (χ4v) is 18.1. The van der Waals surface area contributed by atoms with E-state index in [2.05, 4.69) is 210 Å². The summed E-state index contributed by atoms with van der Waals surface area (Å²) in [6, 6.07) is 132. The second-order valence-electron chi connectivity index (χ2n) is 31.9. The number of aromatic nitrogens is 12. The van der Waals surface area contributed by atoms with Crippen LogP contribution in [0.25, 0.3) is 254 Å². The molecule has 0 radical (unpaired) electrons. The van der Waals surface area contributed by atoms with E-state index in [-0.39, 0.29) is 0 Å². The molecule has 614 valence electrons. The predicted molar refractivity (Wildman–Crippen MR) is 527 cm³/mol. The first-order valence-corrected chi connectivity index (χ1v) is 42.9. The van der Waals surface area contributed by atoms with E-state index in [1.807, 2.05) is 194 Å². The van der Waals surface area contributed by atoms with Crippen LogP contribution in [0.1, 0.15) is 0 Å². The molecule has 0 atom stereocenters. The third-order valence-electron chi connectivity index (χ3n) is 24.3. The Morgan fingerprint density at radius 1 is 0.182 bits per heavy atom. The summed E-state index contributed by atoms with van der Waals surface area (Å²) in [5, 5.41) is 12.3. The maximum Gasteiger partial charge on any atom is 0.238 e. The lowest BCUT2D eigenvalue weighted by atomic mass is 10.0. The maximum atomic E-state index is 7.50. The molecule has 0 amide bonds. The molecule has 9 heterocycles. The summed E-state index contributed by atoms with van der Waals surface area (Å²) < 4.78 is 25.5. The molecule has 0 saturated heterocycles. The average molecular weight is 1690 g/mol. The highest BCUT2D eigenvalue weighted by Crippen LogP contribution is 2.44. The van der Waals surface area contributed by atoms with Gasteiger partial charge in [-0.05, 0) is 107 Å². The molecule has 0 saturated carbocycles. The van der Waals surface area contributed by atoms with Crippen LogP contribution >= 0.6 is 0 Å². The zero-order valence-corrected chi connectivity index (χ0v) is 70.0. The fraction of sp³-hybridized carbons (Fsp3) is 0. The number of nitrogens with zero attached hydrogens (tertiary/aromatic N) is 15. The molecule has 0 N–H and O–H groups in total. The van der Waals surface area contributed by atoms with E-state index in [1.54, 1.807) is 18.2 Å². The third-order valence-corrected chi connectivity index (χ3v) is 24.3. The Kier molecular flexibility index (Phi) is 18.5. The zero-order valence-electron chi connectivity index (χ0n) is 70.0. The SMILES string of the molecule is [C-]#[N+]c1ccc2c(c1)oc1c(-c3nc(-c4ccc(-c5ccccc5)cc4)nc(-n4c5ccccc5c5ccccc54)n3)cccc12.[C-]#[N+]c1ccc2oc3c(-c4nc(-c5ccc(-c6ccccc6)cc5)nc(-n5c6ccccc6c6ccccc65)n4)cccc3c2c1.[C-]#[N+]c1ccc2oc3c(-c4nc(-c5ccccc5)nc(-n5c6ccccc6c6ccccc65)n4)cccc3c2c1. The Morgan fingerprint density at radius 3 is 0.765 bits per heavy atom. The third kappa shape index (κ3) is 13.3. The summed E-state index contributed by atoms with van der Waals surface area (Å²) >= 11 is 0. The van der Waals surface area contributed by atoms with Gasteiger partial charge in [-0.15, -0.1) is 0 Å². The molecule has 18 heteroatoms. The van der Waals surface area contributed by atoms with Gasteiger partial charge in [0.2, 0.25) is 17.8 Å². The molecule has 0 aliphatic rings. The van der Waals surface area contributed by atoms with Crippen molar-refractivity contribution in [2.75, 3.05) is 0 Å². The van der Waals surface area contributed by atoms with Gasteiger partial charge in [0.05, 0.1) is 69.5 Å². The van der Waals surface area contributed by atoms with Gasteiger partial charge in [0.1, 0.15) is 33.5 Å². The largest absolute Gasteiger partial charge is 0.457 e. The molecule has 26 rings (SSSR count). The van der Waals surface area contributed by atoms with E-state index in [0.29, 0.717) is 97.8 Å². The highest BCUT2D eigenvalue weighted by molar-refractivity contribution is 6.15. The Morgan fingerprint density at radius 2 is 0.432 bits per heavy atom. The number of fused-ring (bicyclic) bond motifs is 18. The fourth-order valence-electron chi connectivity index (χ4n) is 18.1. The molecule has 0 aliphatic carbocycles. The van der Waals surface area contributed by atoms with E-state index in [4.69, 9.17) is 77.8 Å². The van der Waals surface area contributed by atoms with Gasteiger partial charge in [-0.3, -0.25) is 13.7 Å². The first-order chi connectivity index (χ1) is 65.3. The predicted octanol–water partition coefficient (Wildman–Crippen LogP) is 29.6. The molecule has 132 heavy (non-hydrogen) atoms. The lowest BCUT2D eigenvalue weighted by Crippen LogP contribution is -2.06. The first-order valence-electron chi connectivity index (χ1n) is 42.9. The number of furan rings is 3. The number of hydrogen-bond donors (Lipinski definition) is 0. The van der Waals surface area contributed by atoms with Crippen LogP contribution in [0.4, 0.5) is 17.1 Å². The van der Waals surface area contributed by atoms with Gasteiger partial charge >= 0.3 is 0 Å². The van der Waals surface area contributed by atoms with Crippen LogP contribution in [0.3, 0.4) is 0 Å². The van der Waals surface area contributed by atoms with Crippen LogP contribution < -0.4 is 0 Å². The molecular formula is C114H65N15O3. The van der Waals surface area contributed by atoms with E-state index >= 15 is 0 Å². The topological polar surface area (TPSA) is 183 Å². The lowest BCUT2D eigenvalue weighted by Gasteiger charge is -2.11. The molecule has 0 unspecified atom stereocenters. The summed E-state index contributed by atoms with van der Waals surface area (Å²) in [4.78, 5) is 56.4. The first kappa shape index (κ1) is 76.7. The summed E-state index contributed by atoms with van der Waals surface area (Å²) in [5.41, 5.74) is 21.3. The minimum atomic E-state index is 0.504. The van der Waals surface area contributed by atoms with Gasteiger partial charge in [-0.25, -0.2) is 29.5 Å². The Labute approximate surface area is 752 Å². The van der Waals surface area contributed by atoms with Gasteiger partial charge in [0, 0.05) is 81.3 Å². The van der Waals surface area contributed by atoms with Crippen molar-refractivity contribution in [3.63, 3.8) is 0 Å². The smallest absolute Gasteiger partial charge is 0.238 e. The monoisotopic (exact) mass is 1690 g/mol. The Hall–Kier alpha value is -19.0. The van der Waals surface area contributed by atoms with Crippen molar-refractivity contribution < 1.29 is 13.3 Å². The molecule has 0 aliphatic heterocycles. The average Bonchev–Trinajstić information content (AvgIpc) is 1.57. The molecule has 18 nitrogen and oxygen atoms in total. The van der Waals surface area contributed by atoms with Gasteiger partial charge < -0.3 is 13.3 Å². The maximum absolute atomic E-state index is 7.50. The Balaban J connectivity index is 0.000000110. The normalized spacial score (nSPS) is 11.5. The molecular weight excluding hydrogens is 1630 g/mol. The minimum absolute atomic E-state index is 0.504. The van der Waals surface area contributed by atoms with Crippen LogP contribution in [-0.2, 0) is 0 Å². The summed E-state index contributed by atoms with van der Waals surface area (Å²) in [6.07, 6.45) is 0. The van der Waals surface area contributed by atoms with Crippen molar-refractivity contribution in [1.82, 2.24) is 58.6 Å². The van der Waals surface area contributed by atoms with Gasteiger partial charge in [0.25, 0.3) is 0 Å². The van der Waals surface area contributed by atoms with Crippen molar-refractivity contribution in [1.29, 1.82) is 0 Å². The second kappa shape index (κ2) is 31.9. The van der Waals surface area contributed by atoms with Gasteiger partial charge in [-0.2, -0.15) is 29.9 Å². The van der Waals surface area contributed by atoms with Crippen molar-refractivity contribution in [2.24, 2.45) is 0 Å². The summed E-state index contributed by atoms with van der Waals surface area (Å²) in [6.45, 7) is 22.4. The molecule has 0 bridgehead atoms. The van der Waals surface area contributed by atoms with E-state index < -0.39 is 0 Å². The number of hydrogen-bond acceptors (Lipinski definition) is 12. The van der Waals surface area contributed by atoms with Crippen molar-refractivity contribution >= 4 is 148 Å². The molecule has 0 spiro atoms.